The number of nitrogens with two attached hydrogens (primary N) is 1. The van der Waals surface area contributed by atoms with E-state index < -0.39 is 21.7 Å². The van der Waals surface area contributed by atoms with Crippen molar-refractivity contribution in [3.05, 3.63) is 71.8 Å². The highest BCUT2D eigenvalue weighted by atomic mass is 32.2. The van der Waals surface area contributed by atoms with Crippen molar-refractivity contribution in [3.63, 3.8) is 0 Å². The number of hydrogen-bond acceptors (Lipinski definition) is 6. The molecule has 0 atom stereocenters. The molecule has 164 valence electrons. The zero-order valence-corrected chi connectivity index (χ0v) is 17.7. The molecule has 1 aromatic heterocycles. The summed E-state index contributed by atoms with van der Waals surface area (Å²) in [7, 11) is -3.48. The minimum Gasteiger partial charge on any atom is -0.455 e. The van der Waals surface area contributed by atoms with Gasteiger partial charge in [0.05, 0.1) is 35.2 Å². The van der Waals surface area contributed by atoms with Gasteiger partial charge in [0, 0.05) is 11.6 Å². The molecule has 0 spiro atoms. The number of halogens is 1. The van der Waals surface area contributed by atoms with Crippen LogP contribution >= 0.6 is 0 Å². The first-order valence-corrected chi connectivity index (χ1v) is 11.0. The van der Waals surface area contributed by atoms with Gasteiger partial charge >= 0.3 is 0 Å². The number of carbonyl (C=O) groups is 1. The van der Waals surface area contributed by atoms with Gasteiger partial charge in [0.25, 0.3) is 5.91 Å². The van der Waals surface area contributed by atoms with E-state index in [2.05, 4.69) is 20.9 Å². The average molecular weight is 454 g/mol. The molecule has 1 amide bonds. The normalized spacial score (nSPS) is 10.8. The lowest BCUT2D eigenvalue weighted by Gasteiger charge is -2.15. The summed E-state index contributed by atoms with van der Waals surface area (Å²) in [6, 6.07) is 10.3. The second kappa shape index (κ2) is 9.36. The Balaban J connectivity index is 1.94. The van der Waals surface area contributed by atoms with Crippen LogP contribution < -0.4 is 20.5 Å². The number of hydrogen-bond donors (Lipinski definition) is 3. The van der Waals surface area contributed by atoms with E-state index in [1.165, 1.54) is 43.6 Å². The first-order valence-electron chi connectivity index (χ1n) is 9.32. The minimum atomic E-state index is -3.48. The summed E-state index contributed by atoms with van der Waals surface area (Å²) >= 11 is 0. The zero-order valence-electron chi connectivity index (χ0n) is 16.9. The zero-order chi connectivity index (χ0) is 23.3. The van der Waals surface area contributed by atoms with E-state index in [0.717, 1.165) is 0 Å². The van der Waals surface area contributed by atoms with Crippen LogP contribution in [-0.2, 0) is 10.0 Å². The van der Waals surface area contributed by atoms with Crippen LogP contribution in [0.1, 0.15) is 22.8 Å². The molecule has 3 rings (SSSR count). The van der Waals surface area contributed by atoms with Gasteiger partial charge in [-0.1, -0.05) is 12.0 Å². The largest absolute Gasteiger partial charge is 0.455 e. The Labute approximate surface area is 184 Å². The average Bonchev–Trinajstić information content (AvgIpc) is 2.75. The van der Waals surface area contributed by atoms with Crippen LogP contribution in [0.15, 0.2) is 54.9 Å². The SMILES string of the molecule is C#Cc1ccc(Nc2cncc(Oc3cccc(NS(=O)(=O)CC)c3)c2C(N)=O)c(F)c1. The molecular weight excluding hydrogens is 435 g/mol. The van der Waals surface area contributed by atoms with E-state index in [1.807, 2.05) is 0 Å². The third-order valence-corrected chi connectivity index (χ3v) is 5.58. The van der Waals surface area contributed by atoms with Crippen LogP contribution in [0, 0.1) is 18.2 Å². The van der Waals surface area contributed by atoms with E-state index >= 15 is 0 Å². The molecule has 3 aromatic rings. The molecule has 0 radical (unpaired) electrons. The fourth-order valence-corrected chi connectivity index (χ4v) is 3.35. The van der Waals surface area contributed by atoms with E-state index in [0.29, 0.717) is 5.56 Å². The highest BCUT2D eigenvalue weighted by Gasteiger charge is 2.18. The molecule has 0 aliphatic carbocycles. The molecule has 0 aliphatic heterocycles. The molecule has 32 heavy (non-hydrogen) atoms. The molecule has 2 aromatic carbocycles. The number of nitrogens with zero attached hydrogens (tertiary/aromatic N) is 1. The topological polar surface area (TPSA) is 123 Å². The van der Waals surface area contributed by atoms with Crippen LogP contribution in [-0.4, -0.2) is 25.1 Å². The lowest BCUT2D eigenvalue weighted by Crippen LogP contribution is -2.15. The summed E-state index contributed by atoms with van der Waals surface area (Å²) < 4.78 is 46.1. The van der Waals surface area contributed by atoms with Crippen molar-refractivity contribution in [2.45, 2.75) is 6.92 Å². The van der Waals surface area contributed by atoms with Gasteiger partial charge in [-0.3, -0.25) is 14.5 Å². The first-order chi connectivity index (χ1) is 15.2. The van der Waals surface area contributed by atoms with Gasteiger partial charge in [-0.05, 0) is 37.3 Å². The second-order valence-electron chi connectivity index (χ2n) is 6.52. The first kappa shape index (κ1) is 22.6. The van der Waals surface area contributed by atoms with Gasteiger partial charge in [0.1, 0.15) is 17.1 Å². The number of rotatable bonds is 8. The van der Waals surface area contributed by atoms with Gasteiger partial charge in [-0.2, -0.15) is 0 Å². The maximum Gasteiger partial charge on any atom is 0.254 e. The van der Waals surface area contributed by atoms with Gasteiger partial charge in [-0.25, -0.2) is 12.8 Å². The molecule has 1 heterocycles. The van der Waals surface area contributed by atoms with Crippen molar-refractivity contribution in [2.24, 2.45) is 5.73 Å². The summed E-state index contributed by atoms with van der Waals surface area (Å²) in [5, 5.41) is 2.77. The molecule has 8 nitrogen and oxygen atoms in total. The number of nitrogens with one attached hydrogen (secondary N) is 2. The molecule has 0 saturated carbocycles. The molecule has 0 aliphatic rings. The van der Waals surface area contributed by atoms with Crippen molar-refractivity contribution in [1.82, 2.24) is 4.98 Å². The second-order valence-corrected chi connectivity index (χ2v) is 8.53. The fourth-order valence-electron chi connectivity index (χ4n) is 2.72. The highest BCUT2D eigenvalue weighted by Crippen LogP contribution is 2.32. The van der Waals surface area contributed by atoms with E-state index in [9.17, 15) is 17.6 Å². The molecule has 4 N–H and O–H groups in total. The summed E-state index contributed by atoms with van der Waals surface area (Å²) in [5.41, 5.74) is 6.28. The summed E-state index contributed by atoms with van der Waals surface area (Å²) in [4.78, 5) is 16.2. The van der Waals surface area contributed by atoms with E-state index in [1.54, 1.807) is 18.2 Å². The van der Waals surface area contributed by atoms with Crippen molar-refractivity contribution < 1.29 is 22.3 Å². The Bertz CT molecular complexity index is 1320. The van der Waals surface area contributed by atoms with Gasteiger partial charge < -0.3 is 15.8 Å². The number of amides is 1. The Kier molecular flexibility index (Phi) is 6.61. The quantitative estimate of drug-likeness (QED) is 0.447. The lowest BCUT2D eigenvalue weighted by molar-refractivity contribution is 0.0999. The van der Waals surface area contributed by atoms with Crippen LogP contribution in [0.4, 0.5) is 21.5 Å². The maximum atomic E-state index is 14.3. The van der Waals surface area contributed by atoms with Crippen molar-refractivity contribution in [1.29, 1.82) is 0 Å². The van der Waals surface area contributed by atoms with E-state index in [4.69, 9.17) is 16.9 Å². The lowest BCUT2D eigenvalue weighted by atomic mass is 10.1. The summed E-state index contributed by atoms with van der Waals surface area (Å²) in [5.74, 6) is 0.995. The Morgan fingerprint density at radius 2 is 2.00 bits per heavy atom. The van der Waals surface area contributed by atoms with Gasteiger partial charge in [0.15, 0.2) is 5.75 Å². The molecule has 10 heteroatoms. The predicted molar refractivity (Wildman–Crippen MR) is 120 cm³/mol. The fraction of sp³-hybridized carbons (Fsp3) is 0.0909. The van der Waals surface area contributed by atoms with Crippen LogP contribution in [0.2, 0.25) is 0 Å². The molecule has 0 bridgehead atoms. The molecule has 0 fully saturated rings. The number of primary amides is 1. The number of carbonyl (C=O) groups excluding carboxylic acids is 1. The van der Waals surface area contributed by atoms with Crippen molar-refractivity contribution in [3.8, 4) is 23.8 Å². The Morgan fingerprint density at radius 3 is 2.66 bits per heavy atom. The smallest absolute Gasteiger partial charge is 0.254 e. The minimum absolute atomic E-state index is 0.00125. The molecule has 0 unspecified atom stereocenters. The predicted octanol–water partition coefficient (Wildman–Crippen LogP) is 3.60. The molecule has 0 saturated heterocycles. The monoisotopic (exact) mass is 454 g/mol. The maximum absolute atomic E-state index is 14.3. The number of sulfonamides is 1. The number of pyridine rings is 1. The van der Waals surface area contributed by atoms with Gasteiger partial charge in [-0.15, -0.1) is 6.42 Å². The Morgan fingerprint density at radius 1 is 1.22 bits per heavy atom. The Hall–Kier alpha value is -4.10. The third kappa shape index (κ3) is 5.33. The van der Waals surface area contributed by atoms with E-state index in [-0.39, 0.29) is 39.9 Å². The summed E-state index contributed by atoms with van der Waals surface area (Å²) in [6.07, 6.45) is 7.84. The van der Waals surface area contributed by atoms with Crippen LogP contribution in [0.5, 0.6) is 11.5 Å². The van der Waals surface area contributed by atoms with Crippen molar-refractivity contribution >= 4 is 33.0 Å². The van der Waals surface area contributed by atoms with Gasteiger partial charge in [0.2, 0.25) is 10.0 Å². The number of ether oxygens (including phenoxy) is 1. The van der Waals surface area contributed by atoms with Crippen LogP contribution in [0.3, 0.4) is 0 Å². The van der Waals surface area contributed by atoms with Crippen molar-refractivity contribution in [2.75, 3.05) is 15.8 Å². The van der Waals surface area contributed by atoms with Crippen LogP contribution in [0.25, 0.3) is 0 Å². The summed E-state index contributed by atoms with van der Waals surface area (Å²) in [6.45, 7) is 1.51. The number of terminal acetylenes is 1. The third-order valence-electron chi connectivity index (χ3n) is 4.28. The number of benzene rings is 2. The number of aromatic nitrogens is 1. The highest BCUT2D eigenvalue weighted by molar-refractivity contribution is 7.92. The standard InChI is InChI=1S/C22H19FN4O4S/c1-3-14-8-9-18(17(23)10-14)26-19-12-25-13-20(21(19)22(24)28)31-16-7-5-6-15(11-16)27-32(29,30)4-2/h1,5-13,26-27H,4H2,2H3,(H2,24,28). The molecular formula is C22H19FN4O4S. The number of anilines is 3.